The zero-order valence-corrected chi connectivity index (χ0v) is 29.7. The van der Waals surface area contributed by atoms with E-state index in [0.29, 0.717) is 38.8 Å². The molecule has 1 aromatic rings. The molecule has 8 heteroatoms. The molecule has 0 radical (unpaired) electrons. The lowest BCUT2D eigenvalue weighted by Gasteiger charge is -2.28. The molecule has 44 heavy (non-hydrogen) atoms. The van der Waals surface area contributed by atoms with Crippen molar-refractivity contribution < 1.29 is 27.5 Å². The highest BCUT2D eigenvalue weighted by molar-refractivity contribution is 6.60. The predicted octanol–water partition coefficient (Wildman–Crippen LogP) is 10.5. The van der Waals surface area contributed by atoms with Crippen molar-refractivity contribution in [3.63, 3.8) is 0 Å². The molecule has 1 rings (SSSR count). The van der Waals surface area contributed by atoms with Gasteiger partial charge in [0.25, 0.3) is 0 Å². The van der Waals surface area contributed by atoms with Gasteiger partial charge in [0.1, 0.15) is 5.75 Å². The minimum Gasteiger partial charge on any atom is -0.494 e. The van der Waals surface area contributed by atoms with Crippen LogP contribution < -0.4 is 10.1 Å². The third kappa shape index (κ3) is 21.8. The molecule has 1 aromatic carbocycles. The van der Waals surface area contributed by atoms with Crippen LogP contribution in [0.5, 0.6) is 5.75 Å². The average Bonchev–Trinajstić information content (AvgIpc) is 3.02. The maximum Gasteiger partial charge on any atom is 0.500 e. The molecule has 7 nitrogen and oxygen atoms in total. The first-order valence-corrected chi connectivity index (χ1v) is 19.8. The van der Waals surface area contributed by atoms with Crippen molar-refractivity contribution in [3.8, 4) is 5.75 Å². The summed E-state index contributed by atoms with van der Waals surface area (Å²) in [4.78, 5) is 12.0. The highest BCUT2D eigenvalue weighted by atomic mass is 28.4. The second-order valence-corrected chi connectivity index (χ2v) is 14.2. The molecule has 0 heterocycles. The fourth-order valence-corrected chi connectivity index (χ4v) is 7.84. The van der Waals surface area contributed by atoms with Gasteiger partial charge in [0.05, 0.1) is 12.9 Å². The number of alkyl carbamates (subject to hydrolysis) is 1. The summed E-state index contributed by atoms with van der Waals surface area (Å²) < 4.78 is 28.6. The number of nitrogens with one attached hydrogen (secondary N) is 1. The van der Waals surface area contributed by atoms with E-state index in [1.165, 1.54) is 103 Å². The van der Waals surface area contributed by atoms with E-state index >= 15 is 0 Å². The zero-order valence-electron chi connectivity index (χ0n) is 28.7. The highest BCUT2D eigenvalue weighted by Crippen LogP contribution is 2.18. The Morgan fingerprint density at radius 1 is 0.659 bits per heavy atom. The van der Waals surface area contributed by atoms with Crippen molar-refractivity contribution in [3.05, 3.63) is 36.1 Å². The Morgan fingerprint density at radius 2 is 1.14 bits per heavy atom. The van der Waals surface area contributed by atoms with Gasteiger partial charge in [-0.3, -0.25) is 0 Å². The molecule has 0 saturated carbocycles. The Hall–Kier alpha value is -1.87. The van der Waals surface area contributed by atoms with E-state index in [0.717, 1.165) is 24.3 Å². The van der Waals surface area contributed by atoms with Gasteiger partial charge in [-0.1, -0.05) is 115 Å². The first kappa shape index (κ1) is 40.2. The second kappa shape index (κ2) is 28.6. The van der Waals surface area contributed by atoms with Gasteiger partial charge >= 0.3 is 14.9 Å². The molecule has 0 unspecified atom stereocenters. The van der Waals surface area contributed by atoms with Crippen LogP contribution in [0.15, 0.2) is 30.5 Å². The van der Waals surface area contributed by atoms with Crippen molar-refractivity contribution in [1.82, 2.24) is 5.32 Å². The van der Waals surface area contributed by atoms with Crippen LogP contribution in [0.4, 0.5) is 4.79 Å². The van der Waals surface area contributed by atoms with Crippen LogP contribution in [0, 0.1) is 0 Å². The Balaban J connectivity index is 2.05. The van der Waals surface area contributed by atoms with Gasteiger partial charge in [-0.25, -0.2) is 4.79 Å². The van der Waals surface area contributed by atoms with Gasteiger partial charge < -0.3 is 28.1 Å². The molecule has 0 bridgehead atoms. The van der Waals surface area contributed by atoms with Crippen LogP contribution >= 0.6 is 0 Å². The molecule has 254 valence electrons. The summed E-state index contributed by atoms with van der Waals surface area (Å²) in [5.41, 5.74) is 0.938. The molecule has 0 atom stereocenters. The number of rotatable bonds is 30. The number of hydrogen-bond acceptors (Lipinski definition) is 6. The minimum absolute atomic E-state index is 0.458. The number of benzene rings is 1. The van der Waals surface area contributed by atoms with Gasteiger partial charge in [-0.05, 0) is 57.4 Å². The van der Waals surface area contributed by atoms with Crippen LogP contribution in [-0.2, 0) is 18.0 Å². The Kier molecular flexibility index (Phi) is 26.1. The van der Waals surface area contributed by atoms with Gasteiger partial charge in [0.2, 0.25) is 0 Å². The van der Waals surface area contributed by atoms with Crippen LogP contribution in [0.3, 0.4) is 0 Å². The lowest BCUT2D eigenvalue weighted by molar-refractivity contribution is 0.0707. The van der Waals surface area contributed by atoms with Gasteiger partial charge in [0.15, 0.2) is 0 Å². The number of unbranched alkanes of at least 4 members (excludes halogenated alkanes) is 15. The molecule has 0 fully saturated rings. The van der Waals surface area contributed by atoms with Gasteiger partial charge in [-0.2, -0.15) is 0 Å². The molecule has 0 spiro atoms. The maximum absolute atomic E-state index is 12.0. The molecule has 0 aliphatic carbocycles. The summed E-state index contributed by atoms with van der Waals surface area (Å²) in [7, 11) is -2.69. The topological polar surface area (TPSA) is 75.3 Å². The fraction of sp³-hybridized carbons (Fsp3) is 0.750. The lowest BCUT2D eigenvalue weighted by atomic mass is 10.0. The molecule has 0 aromatic heterocycles. The summed E-state index contributed by atoms with van der Waals surface area (Å²) in [5, 5.41) is 2.76. The van der Waals surface area contributed by atoms with E-state index in [2.05, 4.69) is 12.2 Å². The summed E-state index contributed by atoms with van der Waals surface area (Å²) in [6, 6.07) is 8.47. The quantitative estimate of drug-likeness (QED) is 0.0515. The first-order chi connectivity index (χ1) is 21.6. The summed E-state index contributed by atoms with van der Waals surface area (Å²) in [5.74, 6) is 0.868. The maximum atomic E-state index is 12.0. The highest BCUT2D eigenvalue weighted by Gasteiger charge is 2.39. The molecule has 0 aliphatic heterocycles. The lowest BCUT2D eigenvalue weighted by Crippen LogP contribution is -2.46. The van der Waals surface area contributed by atoms with E-state index in [4.69, 9.17) is 22.8 Å². The van der Waals surface area contributed by atoms with E-state index in [1.807, 2.05) is 45.0 Å². The third-order valence-corrected chi connectivity index (χ3v) is 10.8. The van der Waals surface area contributed by atoms with Gasteiger partial charge in [0, 0.05) is 32.4 Å². The molecular formula is C36H65NO6Si. The smallest absolute Gasteiger partial charge is 0.494 e. The average molecular weight is 636 g/mol. The van der Waals surface area contributed by atoms with E-state index in [-0.39, 0.29) is 0 Å². The molecule has 1 amide bonds. The van der Waals surface area contributed by atoms with Crippen molar-refractivity contribution in [2.45, 2.75) is 143 Å². The molecule has 0 saturated heterocycles. The summed E-state index contributed by atoms with van der Waals surface area (Å²) in [6.07, 6.45) is 25.3. The van der Waals surface area contributed by atoms with Crippen molar-refractivity contribution in [2.75, 3.05) is 33.0 Å². The SMILES string of the molecule is CCCCCCCCCCCCCCCCCCOc1ccc(/C=C/OC(=O)NCCC[Si](OCC)(OCC)OCC)cc1. The fourth-order valence-electron chi connectivity index (χ4n) is 5.23. The summed E-state index contributed by atoms with van der Waals surface area (Å²) in [6.45, 7) is 10.9. The first-order valence-electron chi connectivity index (χ1n) is 17.8. The Bertz CT molecular complexity index is 802. The second-order valence-electron chi connectivity index (χ2n) is 11.4. The van der Waals surface area contributed by atoms with E-state index < -0.39 is 14.9 Å². The van der Waals surface area contributed by atoms with E-state index in [1.54, 1.807) is 6.08 Å². The monoisotopic (exact) mass is 635 g/mol. The number of ether oxygens (including phenoxy) is 2. The molecule has 0 aliphatic rings. The largest absolute Gasteiger partial charge is 0.500 e. The third-order valence-electron chi connectivity index (χ3n) is 7.60. The number of carbonyl (C=O) groups is 1. The van der Waals surface area contributed by atoms with Crippen molar-refractivity contribution in [1.29, 1.82) is 0 Å². The van der Waals surface area contributed by atoms with Crippen LogP contribution in [0.2, 0.25) is 6.04 Å². The normalized spacial score (nSPS) is 11.7. The van der Waals surface area contributed by atoms with E-state index in [9.17, 15) is 4.79 Å². The molecule has 1 N–H and O–H groups in total. The standard InChI is InChI=1S/C36H65NO6Si/c1-5-9-10-11-12-13-14-15-16-17-18-19-20-21-22-23-31-39-35-27-25-34(26-28-35)29-32-40-36(38)37-30-24-33-44(41-6-2,42-7-3)43-8-4/h25-29,32H,5-24,30-31,33H2,1-4H3,(H,37,38)/b32-29+. The zero-order chi connectivity index (χ0) is 32.0. The van der Waals surface area contributed by atoms with Gasteiger partial charge in [-0.15, -0.1) is 0 Å². The van der Waals surface area contributed by atoms with Crippen LogP contribution in [0.25, 0.3) is 6.08 Å². The van der Waals surface area contributed by atoms with Crippen molar-refractivity contribution >= 4 is 21.0 Å². The predicted molar refractivity (Wildman–Crippen MR) is 185 cm³/mol. The number of hydrogen-bond donors (Lipinski definition) is 1. The Labute approximate surface area is 271 Å². The Morgan fingerprint density at radius 3 is 1.61 bits per heavy atom. The molecular weight excluding hydrogens is 570 g/mol. The van der Waals surface area contributed by atoms with Crippen LogP contribution in [-0.4, -0.2) is 47.9 Å². The summed E-state index contributed by atoms with van der Waals surface area (Å²) >= 11 is 0. The number of amides is 1. The van der Waals surface area contributed by atoms with Crippen LogP contribution in [0.1, 0.15) is 142 Å². The van der Waals surface area contributed by atoms with Crippen molar-refractivity contribution in [2.24, 2.45) is 0 Å². The number of carbonyl (C=O) groups excluding carboxylic acids is 1. The minimum atomic E-state index is -2.69.